The van der Waals surface area contributed by atoms with Gasteiger partial charge in [-0.3, -0.25) is 0 Å². The van der Waals surface area contributed by atoms with Crippen LogP contribution in [0.4, 0.5) is 5.69 Å². The van der Waals surface area contributed by atoms with Crippen molar-refractivity contribution in [2.75, 3.05) is 11.9 Å². The molecule has 2 atom stereocenters. The quantitative estimate of drug-likeness (QED) is 0.814. The third-order valence-electron chi connectivity index (χ3n) is 3.58. The minimum atomic E-state index is 0.144. The van der Waals surface area contributed by atoms with Crippen molar-refractivity contribution in [3.63, 3.8) is 0 Å². The third kappa shape index (κ3) is 4.26. The van der Waals surface area contributed by atoms with Gasteiger partial charge in [0.05, 0.1) is 11.8 Å². The Morgan fingerprint density at radius 2 is 2.25 bits per heavy atom. The highest BCUT2D eigenvalue weighted by Gasteiger charge is 2.18. The van der Waals surface area contributed by atoms with E-state index < -0.39 is 0 Å². The number of nitrogens with one attached hydrogen (secondary N) is 1. The molecule has 0 amide bonds. The smallest absolute Gasteiger partial charge is 0.237 e. The second-order valence-electron chi connectivity index (χ2n) is 6.20. The Kier molecular flexibility index (Phi) is 5.05. The Balaban J connectivity index is 1.96. The molecule has 0 aromatic carbocycles. The summed E-state index contributed by atoms with van der Waals surface area (Å²) >= 11 is 0. The van der Waals surface area contributed by atoms with Crippen LogP contribution in [0.3, 0.4) is 0 Å². The number of hydrogen-bond acceptors (Lipinski definition) is 3. The molecule has 0 saturated heterocycles. The zero-order valence-electron chi connectivity index (χ0n) is 13.0. The van der Waals surface area contributed by atoms with Gasteiger partial charge in [-0.25, -0.2) is 4.98 Å². The number of ether oxygens (including phenoxy) is 1. The first kappa shape index (κ1) is 14.9. The summed E-state index contributed by atoms with van der Waals surface area (Å²) in [6.07, 6.45) is 6.76. The SMILES string of the molecule is CC1=CC(C)CC(CNc2cccnc2OC(C)C)C1. The molecule has 3 nitrogen and oxygen atoms in total. The molecule has 0 saturated carbocycles. The van der Waals surface area contributed by atoms with Gasteiger partial charge >= 0.3 is 0 Å². The van der Waals surface area contributed by atoms with Crippen LogP contribution >= 0.6 is 0 Å². The summed E-state index contributed by atoms with van der Waals surface area (Å²) in [5, 5.41) is 3.51. The van der Waals surface area contributed by atoms with Gasteiger partial charge in [-0.1, -0.05) is 18.6 Å². The predicted molar refractivity (Wildman–Crippen MR) is 84.1 cm³/mol. The van der Waals surface area contributed by atoms with Gasteiger partial charge in [-0.05, 0) is 57.6 Å². The normalized spacial score (nSPS) is 22.6. The molecule has 0 spiro atoms. The van der Waals surface area contributed by atoms with Crippen molar-refractivity contribution in [2.24, 2.45) is 11.8 Å². The largest absolute Gasteiger partial charge is 0.473 e. The highest BCUT2D eigenvalue weighted by molar-refractivity contribution is 5.52. The van der Waals surface area contributed by atoms with Crippen molar-refractivity contribution < 1.29 is 4.74 Å². The Hall–Kier alpha value is -1.51. The Morgan fingerprint density at radius 1 is 1.45 bits per heavy atom. The third-order valence-corrected chi connectivity index (χ3v) is 3.58. The van der Waals surface area contributed by atoms with Gasteiger partial charge in [0.2, 0.25) is 5.88 Å². The second-order valence-corrected chi connectivity index (χ2v) is 6.20. The lowest BCUT2D eigenvalue weighted by Gasteiger charge is -2.26. The molecule has 0 radical (unpaired) electrons. The van der Waals surface area contributed by atoms with E-state index in [1.165, 1.54) is 18.4 Å². The first-order chi connectivity index (χ1) is 9.54. The maximum atomic E-state index is 5.74. The number of allylic oxidation sites excluding steroid dienone is 2. The zero-order chi connectivity index (χ0) is 14.5. The summed E-state index contributed by atoms with van der Waals surface area (Å²) in [7, 11) is 0. The molecule has 1 aliphatic rings. The van der Waals surface area contributed by atoms with E-state index in [0.29, 0.717) is 17.7 Å². The van der Waals surface area contributed by atoms with Crippen LogP contribution in [-0.2, 0) is 0 Å². The van der Waals surface area contributed by atoms with Crippen LogP contribution in [0.1, 0.15) is 40.5 Å². The van der Waals surface area contributed by atoms with Crippen LogP contribution in [0, 0.1) is 11.8 Å². The zero-order valence-corrected chi connectivity index (χ0v) is 13.0. The molecule has 1 N–H and O–H groups in total. The molecule has 110 valence electrons. The number of rotatable bonds is 5. The molecule has 2 rings (SSSR count). The molecule has 1 aliphatic carbocycles. The summed E-state index contributed by atoms with van der Waals surface area (Å²) in [6.45, 7) is 9.56. The fraction of sp³-hybridized carbons (Fsp3) is 0.588. The summed E-state index contributed by atoms with van der Waals surface area (Å²) in [5.41, 5.74) is 2.52. The van der Waals surface area contributed by atoms with Gasteiger partial charge < -0.3 is 10.1 Å². The van der Waals surface area contributed by atoms with E-state index in [0.717, 1.165) is 12.2 Å². The number of hydrogen-bond donors (Lipinski definition) is 1. The molecule has 1 aromatic rings. The number of pyridine rings is 1. The van der Waals surface area contributed by atoms with Crippen molar-refractivity contribution >= 4 is 5.69 Å². The molecular formula is C17H26N2O. The molecule has 2 unspecified atom stereocenters. The van der Waals surface area contributed by atoms with Crippen LogP contribution in [0.25, 0.3) is 0 Å². The maximum Gasteiger partial charge on any atom is 0.237 e. The van der Waals surface area contributed by atoms with E-state index >= 15 is 0 Å². The molecule has 1 aromatic heterocycles. The average molecular weight is 274 g/mol. The van der Waals surface area contributed by atoms with Crippen LogP contribution in [0.5, 0.6) is 5.88 Å². The first-order valence-electron chi connectivity index (χ1n) is 7.57. The van der Waals surface area contributed by atoms with Gasteiger partial charge in [0.25, 0.3) is 0 Å². The summed E-state index contributed by atoms with van der Waals surface area (Å²) in [4.78, 5) is 4.32. The van der Waals surface area contributed by atoms with Crippen molar-refractivity contribution in [3.8, 4) is 5.88 Å². The van der Waals surface area contributed by atoms with Gasteiger partial charge in [0, 0.05) is 12.7 Å². The van der Waals surface area contributed by atoms with Crippen LogP contribution in [-0.4, -0.2) is 17.6 Å². The molecule has 20 heavy (non-hydrogen) atoms. The average Bonchev–Trinajstić information content (AvgIpc) is 2.36. The first-order valence-corrected chi connectivity index (χ1v) is 7.57. The molecule has 0 bridgehead atoms. The van der Waals surface area contributed by atoms with Crippen LogP contribution < -0.4 is 10.1 Å². The summed E-state index contributed by atoms with van der Waals surface area (Å²) in [5.74, 6) is 2.09. The summed E-state index contributed by atoms with van der Waals surface area (Å²) in [6, 6.07) is 3.99. The predicted octanol–water partition coefficient (Wildman–Crippen LogP) is 4.27. The minimum absolute atomic E-state index is 0.144. The van der Waals surface area contributed by atoms with E-state index in [2.05, 4.69) is 30.2 Å². The monoisotopic (exact) mass is 274 g/mol. The molecule has 3 heteroatoms. The van der Waals surface area contributed by atoms with Crippen molar-refractivity contribution in [1.82, 2.24) is 4.98 Å². The standard InChI is InChI=1S/C17H26N2O/c1-12(2)20-17-16(6-5-7-18-17)19-11-15-9-13(3)8-14(4)10-15/h5-8,12-13,15,19H,9-11H2,1-4H3. The Labute approximate surface area is 122 Å². The van der Waals surface area contributed by atoms with Gasteiger partial charge in [-0.15, -0.1) is 0 Å². The van der Waals surface area contributed by atoms with Gasteiger partial charge in [0.15, 0.2) is 0 Å². The lowest BCUT2D eigenvalue weighted by Crippen LogP contribution is -2.21. The highest BCUT2D eigenvalue weighted by atomic mass is 16.5. The fourth-order valence-electron chi connectivity index (χ4n) is 2.94. The van der Waals surface area contributed by atoms with E-state index in [1.807, 2.05) is 26.0 Å². The molecule has 0 fully saturated rings. The molecular weight excluding hydrogens is 248 g/mol. The maximum absolute atomic E-state index is 5.74. The van der Waals surface area contributed by atoms with Crippen LogP contribution in [0.15, 0.2) is 30.0 Å². The fourth-order valence-corrected chi connectivity index (χ4v) is 2.94. The van der Waals surface area contributed by atoms with Crippen LogP contribution in [0.2, 0.25) is 0 Å². The number of nitrogens with zero attached hydrogens (tertiary/aromatic N) is 1. The second kappa shape index (κ2) is 6.78. The Morgan fingerprint density at radius 3 is 2.95 bits per heavy atom. The van der Waals surface area contributed by atoms with Crippen molar-refractivity contribution in [2.45, 2.75) is 46.6 Å². The van der Waals surface area contributed by atoms with E-state index in [4.69, 9.17) is 4.74 Å². The van der Waals surface area contributed by atoms with Crippen molar-refractivity contribution in [3.05, 3.63) is 30.0 Å². The van der Waals surface area contributed by atoms with E-state index in [1.54, 1.807) is 6.20 Å². The number of aromatic nitrogens is 1. The number of anilines is 1. The highest BCUT2D eigenvalue weighted by Crippen LogP contribution is 2.29. The van der Waals surface area contributed by atoms with Gasteiger partial charge in [-0.2, -0.15) is 0 Å². The summed E-state index contributed by atoms with van der Waals surface area (Å²) < 4.78 is 5.74. The van der Waals surface area contributed by atoms with E-state index in [9.17, 15) is 0 Å². The topological polar surface area (TPSA) is 34.2 Å². The van der Waals surface area contributed by atoms with E-state index in [-0.39, 0.29) is 6.10 Å². The molecule has 1 heterocycles. The lowest BCUT2D eigenvalue weighted by atomic mass is 9.84. The Bertz CT molecular complexity index is 468. The minimum Gasteiger partial charge on any atom is -0.473 e. The van der Waals surface area contributed by atoms with Crippen molar-refractivity contribution in [1.29, 1.82) is 0 Å². The molecule has 0 aliphatic heterocycles. The van der Waals surface area contributed by atoms with Gasteiger partial charge in [0.1, 0.15) is 0 Å². The lowest BCUT2D eigenvalue weighted by molar-refractivity contribution is 0.234.